The van der Waals surface area contributed by atoms with Gasteiger partial charge in [0.1, 0.15) is 11.6 Å². The predicted molar refractivity (Wildman–Crippen MR) is 132 cm³/mol. The Balaban J connectivity index is 1.46. The second kappa shape index (κ2) is 9.26. The van der Waals surface area contributed by atoms with E-state index in [0.717, 1.165) is 28.1 Å². The van der Waals surface area contributed by atoms with Crippen molar-refractivity contribution in [3.05, 3.63) is 70.8 Å². The minimum atomic E-state index is -0.176. The molecular formula is C24H25ClN8O. The van der Waals surface area contributed by atoms with Crippen LogP contribution in [-0.4, -0.2) is 36.7 Å². The summed E-state index contributed by atoms with van der Waals surface area (Å²) >= 11 is 6.27. The molecule has 10 heteroatoms. The zero-order chi connectivity index (χ0) is 23.7. The minimum Gasteiger partial charge on any atom is -0.362 e. The molecule has 1 fully saturated rings. The summed E-state index contributed by atoms with van der Waals surface area (Å²) in [7, 11) is 1.93. The van der Waals surface area contributed by atoms with Gasteiger partial charge in [-0.1, -0.05) is 41.9 Å². The summed E-state index contributed by atoms with van der Waals surface area (Å²) in [5.74, 6) is 2.79. The fourth-order valence-corrected chi connectivity index (χ4v) is 4.34. The topological polar surface area (TPSA) is 110 Å². The van der Waals surface area contributed by atoms with E-state index >= 15 is 0 Å². The van der Waals surface area contributed by atoms with Gasteiger partial charge >= 0.3 is 0 Å². The van der Waals surface area contributed by atoms with Gasteiger partial charge in [-0.15, -0.1) is 10.2 Å². The molecule has 174 valence electrons. The highest BCUT2D eigenvalue weighted by Crippen LogP contribution is 2.29. The lowest BCUT2D eigenvalue weighted by Gasteiger charge is -2.33. The summed E-state index contributed by atoms with van der Waals surface area (Å²) in [6.45, 7) is 2.35. The van der Waals surface area contributed by atoms with Crippen molar-refractivity contribution in [3.63, 3.8) is 0 Å². The Kier molecular flexibility index (Phi) is 6.02. The van der Waals surface area contributed by atoms with Crippen molar-refractivity contribution < 1.29 is 4.79 Å². The fraction of sp³-hybridized carbons (Fsp3) is 0.292. The van der Waals surface area contributed by atoms with E-state index in [0.29, 0.717) is 36.2 Å². The number of hydrogen-bond acceptors (Lipinski definition) is 7. The van der Waals surface area contributed by atoms with Crippen molar-refractivity contribution in [1.82, 2.24) is 30.0 Å². The quantitative estimate of drug-likeness (QED) is 0.388. The lowest BCUT2D eigenvalue weighted by molar-refractivity contribution is -0.123. The third-order valence-electron chi connectivity index (χ3n) is 6.13. The third-order valence-corrected chi connectivity index (χ3v) is 6.36. The van der Waals surface area contributed by atoms with Crippen molar-refractivity contribution >= 4 is 40.2 Å². The molecule has 5 rings (SSSR count). The zero-order valence-corrected chi connectivity index (χ0v) is 19.7. The standard InChI is InChI=1S/C24H25ClN8O/c1-14-31-32-20(33(14)2)13-26-23-17-12-16(25)8-9-18(17)27-24(30-23)28-19-10-11-21(34)29-22(19)15-6-4-3-5-7-15/h3-9,12,19,22H,10-11,13H2,1-2H3,(H,29,34)(H2,26,27,28,30)/t19-,22+/m1/s1. The van der Waals surface area contributed by atoms with Crippen LogP contribution in [-0.2, 0) is 18.4 Å². The maximum Gasteiger partial charge on any atom is 0.225 e. The number of nitrogens with zero attached hydrogens (tertiary/aromatic N) is 5. The Hall–Kier alpha value is -3.72. The second-order valence-corrected chi connectivity index (χ2v) is 8.82. The summed E-state index contributed by atoms with van der Waals surface area (Å²) in [5.41, 5.74) is 1.80. The molecule has 4 aromatic rings. The van der Waals surface area contributed by atoms with Crippen LogP contribution in [0.25, 0.3) is 10.9 Å². The largest absolute Gasteiger partial charge is 0.362 e. The van der Waals surface area contributed by atoms with E-state index in [9.17, 15) is 4.79 Å². The maximum atomic E-state index is 12.1. The number of fused-ring (bicyclic) bond motifs is 1. The van der Waals surface area contributed by atoms with Crippen LogP contribution in [0.15, 0.2) is 48.5 Å². The molecule has 0 radical (unpaired) electrons. The van der Waals surface area contributed by atoms with Crippen LogP contribution < -0.4 is 16.0 Å². The molecule has 0 bridgehead atoms. The number of piperidine rings is 1. The number of carbonyl (C=O) groups is 1. The molecule has 2 atom stereocenters. The number of hydrogen-bond donors (Lipinski definition) is 3. The first-order valence-electron chi connectivity index (χ1n) is 11.1. The average Bonchev–Trinajstić information content (AvgIpc) is 3.16. The van der Waals surface area contributed by atoms with Gasteiger partial charge in [-0.2, -0.15) is 4.98 Å². The van der Waals surface area contributed by atoms with E-state index in [1.54, 1.807) is 0 Å². The Morgan fingerprint density at radius 2 is 1.97 bits per heavy atom. The summed E-state index contributed by atoms with van der Waals surface area (Å²) in [5, 5.41) is 19.7. The van der Waals surface area contributed by atoms with Gasteiger partial charge in [-0.05, 0) is 37.1 Å². The van der Waals surface area contributed by atoms with E-state index < -0.39 is 0 Å². The van der Waals surface area contributed by atoms with Crippen LogP contribution in [0.3, 0.4) is 0 Å². The molecule has 34 heavy (non-hydrogen) atoms. The van der Waals surface area contributed by atoms with Crippen molar-refractivity contribution in [1.29, 1.82) is 0 Å². The molecule has 1 saturated heterocycles. The van der Waals surface area contributed by atoms with Crippen molar-refractivity contribution in [2.24, 2.45) is 7.05 Å². The molecule has 9 nitrogen and oxygen atoms in total. The lowest BCUT2D eigenvalue weighted by Crippen LogP contribution is -2.45. The molecule has 0 spiro atoms. The van der Waals surface area contributed by atoms with E-state index in [-0.39, 0.29) is 18.0 Å². The van der Waals surface area contributed by atoms with Crippen LogP contribution >= 0.6 is 11.6 Å². The van der Waals surface area contributed by atoms with Crippen LogP contribution in [0, 0.1) is 6.92 Å². The molecule has 0 saturated carbocycles. The van der Waals surface area contributed by atoms with E-state index in [4.69, 9.17) is 21.6 Å². The zero-order valence-electron chi connectivity index (χ0n) is 18.9. The molecule has 3 heterocycles. The molecule has 3 N–H and O–H groups in total. The van der Waals surface area contributed by atoms with Crippen LogP contribution in [0.2, 0.25) is 5.02 Å². The molecule has 2 aromatic heterocycles. The molecule has 1 aliphatic heterocycles. The average molecular weight is 477 g/mol. The number of anilines is 2. The highest BCUT2D eigenvalue weighted by molar-refractivity contribution is 6.31. The smallest absolute Gasteiger partial charge is 0.225 e. The molecule has 2 aromatic carbocycles. The molecule has 1 amide bonds. The molecular weight excluding hydrogens is 452 g/mol. The Labute approximate surface area is 202 Å². The summed E-state index contributed by atoms with van der Waals surface area (Å²) in [4.78, 5) is 21.6. The van der Waals surface area contributed by atoms with E-state index in [1.807, 2.05) is 67.1 Å². The first kappa shape index (κ1) is 22.1. The SMILES string of the molecule is Cc1nnc(CNc2nc(N[C@@H]3CCC(=O)N[C@H]3c3ccccc3)nc3ccc(Cl)cc23)n1C. The summed E-state index contributed by atoms with van der Waals surface area (Å²) in [6.07, 6.45) is 1.12. The minimum absolute atomic E-state index is 0.0438. The van der Waals surface area contributed by atoms with Gasteiger partial charge in [0.2, 0.25) is 11.9 Å². The predicted octanol–water partition coefficient (Wildman–Crippen LogP) is 3.76. The number of benzene rings is 2. The Bertz CT molecular complexity index is 1340. The molecule has 0 aliphatic carbocycles. The van der Waals surface area contributed by atoms with Gasteiger partial charge < -0.3 is 20.5 Å². The van der Waals surface area contributed by atoms with Crippen LogP contribution in [0.5, 0.6) is 0 Å². The van der Waals surface area contributed by atoms with E-state index in [2.05, 4.69) is 26.1 Å². The first-order chi connectivity index (χ1) is 16.5. The van der Waals surface area contributed by atoms with Gasteiger partial charge in [0.15, 0.2) is 5.82 Å². The number of aryl methyl sites for hydroxylation is 1. The van der Waals surface area contributed by atoms with Crippen molar-refractivity contribution in [3.8, 4) is 0 Å². The number of rotatable bonds is 6. The van der Waals surface area contributed by atoms with Crippen molar-refractivity contribution in [2.75, 3.05) is 10.6 Å². The summed E-state index contributed by atoms with van der Waals surface area (Å²) < 4.78 is 1.93. The summed E-state index contributed by atoms with van der Waals surface area (Å²) in [6, 6.07) is 15.2. The Morgan fingerprint density at radius 1 is 1.15 bits per heavy atom. The van der Waals surface area contributed by atoms with Gasteiger partial charge in [-0.25, -0.2) is 4.98 Å². The maximum absolute atomic E-state index is 12.1. The molecule has 1 aliphatic rings. The van der Waals surface area contributed by atoms with Gasteiger partial charge in [0.05, 0.1) is 24.1 Å². The van der Waals surface area contributed by atoms with Gasteiger partial charge in [0.25, 0.3) is 0 Å². The van der Waals surface area contributed by atoms with Gasteiger partial charge in [0, 0.05) is 23.9 Å². The first-order valence-corrected chi connectivity index (χ1v) is 11.5. The van der Waals surface area contributed by atoms with Crippen LogP contribution in [0.1, 0.15) is 36.1 Å². The highest BCUT2D eigenvalue weighted by atomic mass is 35.5. The number of halogens is 1. The van der Waals surface area contributed by atoms with Crippen molar-refractivity contribution in [2.45, 2.75) is 38.4 Å². The second-order valence-electron chi connectivity index (χ2n) is 8.38. The van der Waals surface area contributed by atoms with E-state index in [1.165, 1.54) is 0 Å². The number of nitrogens with one attached hydrogen (secondary N) is 3. The fourth-order valence-electron chi connectivity index (χ4n) is 4.16. The number of aromatic nitrogens is 5. The lowest BCUT2D eigenvalue weighted by atomic mass is 9.92. The third kappa shape index (κ3) is 4.51. The van der Waals surface area contributed by atoms with Crippen LogP contribution in [0.4, 0.5) is 11.8 Å². The number of amides is 1. The normalized spacial score (nSPS) is 18.0. The molecule has 0 unspecified atom stereocenters. The Morgan fingerprint density at radius 3 is 2.74 bits per heavy atom. The highest BCUT2D eigenvalue weighted by Gasteiger charge is 2.30. The van der Waals surface area contributed by atoms with Gasteiger partial charge in [-0.3, -0.25) is 4.79 Å². The monoisotopic (exact) mass is 476 g/mol. The number of carbonyl (C=O) groups excluding carboxylic acids is 1.